The van der Waals surface area contributed by atoms with E-state index in [-0.39, 0.29) is 18.0 Å². The maximum atomic E-state index is 13.0. The van der Waals surface area contributed by atoms with Crippen LogP contribution in [0.25, 0.3) is 0 Å². The van der Waals surface area contributed by atoms with Gasteiger partial charge in [0.15, 0.2) is 11.6 Å². The molecular formula is C18H18F2N2O2. The van der Waals surface area contributed by atoms with E-state index in [0.717, 1.165) is 31.0 Å². The van der Waals surface area contributed by atoms with Crippen molar-refractivity contribution < 1.29 is 18.4 Å². The number of carbonyl (C=O) groups excluding carboxylic acids is 2. The lowest BCUT2D eigenvalue weighted by Gasteiger charge is -2.07. The maximum Gasteiger partial charge on any atom is 0.251 e. The van der Waals surface area contributed by atoms with Gasteiger partial charge in [-0.3, -0.25) is 9.59 Å². The number of hydrogen-bond acceptors (Lipinski definition) is 2. The second-order valence-electron chi connectivity index (χ2n) is 5.25. The van der Waals surface area contributed by atoms with Gasteiger partial charge in [0.2, 0.25) is 5.91 Å². The summed E-state index contributed by atoms with van der Waals surface area (Å²) in [6.07, 6.45) is 1.63. The van der Waals surface area contributed by atoms with E-state index in [4.69, 9.17) is 0 Å². The van der Waals surface area contributed by atoms with Gasteiger partial charge in [0.1, 0.15) is 0 Å². The number of rotatable bonds is 7. The van der Waals surface area contributed by atoms with Crippen LogP contribution in [0.5, 0.6) is 0 Å². The molecule has 2 aromatic rings. The topological polar surface area (TPSA) is 58.2 Å². The molecule has 4 nitrogen and oxygen atoms in total. The van der Waals surface area contributed by atoms with Gasteiger partial charge in [0.05, 0.1) is 6.54 Å². The van der Waals surface area contributed by atoms with Crippen LogP contribution in [0.2, 0.25) is 0 Å². The standard InChI is InChI=1S/C18H18F2N2O2/c19-15-9-8-14(11-16(15)20)18(24)22-12-17(23)21-10-4-7-13-5-2-1-3-6-13/h1-3,5-6,8-9,11H,4,7,10,12H2,(H,21,23)(H,22,24). The molecule has 2 aromatic carbocycles. The summed E-state index contributed by atoms with van der Waals surface area (Å²) in [5, 5.41) is 5.06. The van der Waals surface area contributed by atoms with E-state index in [9.17, 15) is 18.4 Å². The Balaban J connectivity index is 1.67. The third-order valence-corrected chi connectivity index (χ3v) is 3.40. The average Bonchev–Trinajstić information content (AvgIpc) is 2.60. The predicted octanol–water partition coefficient (Wildman–Crippen LogP) is 2.44. The molecule has 0 radical (unpaired) electrons. The molecule has 0 atom stereocenters. The minimum absolute atomic E-state index is 0.0363. The Hall–Kier alpha value is -2.76. The van der Waals surface area contributed by atoms with Gasteiger partial charge in [-0.2, -0.15) is 0 Å². The molecule has 0 aromatic heterocycles. The van der Waals surface area contributed by atoms with Gasteiger partial charge >= 0.3 is 0 Å². The number of aryl methyl sites for hydroxylation is 1. The van der Waals surface area contributed by atoms with Crippen LogP contribution in [0.15, 0.2) is 48.5 Å². The Kier molecular flexibility index (Phi) is 6.42. The Morgan fingerprint density at radius 2 is 1.67 bits per heavy atom. The number of nitrogens with one attached hydrogen (secondary N) is 2. The summed E-state index contributed by atoms with van der Waals surface area (Å²) in [5.41, 5.74) is 1.16. The zero-order valence-corrected chi connectivity index (χ0v) is 13.0. The van der Waals surface area contributed by atoms with Crippen molar-refractivity contribution in [2.75, 3.05) is 13.1 Å². The minimum atomic E-state index is -1.10. The van der Waals surface area contributed by atoms with Gasteiger partial charge in [-0.05, 0) is 36.6 Å². The lowest BCUT2D eigenvalue weighted by Crippen LogP contribution is -2.37. The quantitative estimate of drug-likeness (QED) is 0.765. The van der Waals surface area contributed by atoms with E-state index in [1.807, 2.05) is 30.3 Å². The fourth-order valence-electron chi connectivity index (χ4n) is 2.13. The Morgan fingerprint density at radius 3 is 2.38 bits per heavy atom. The van der Waals surface area contributed by atoms with E-state index in [1.165, 1.54) is 5.56 Å². The normalized spacial score (nSPS) is 10.2. The molecule has 2 amide bonds. The van der Waals surface area contributed by atoms with E-state index in [2.05, 4.69) is 10.6 Å². The number of hydrogen-bond donors (Lipinski definition) is 2. The first-order chi connectivity index (χ1) is 11.6. The smallest absolute Gasteiger partial charge is 0.251 e. The second-order valence-corrected chi connectivity index (χ2v) is 5.25. The summed E-state index contributed by atoms with van der Waals surface area (Å²) < 4.78 is 25.9. The maximum absolute atomic E-state index is 13.0. The molecule has 0 unspecified atom stereocenters. The van der Waals surface area contributed by atoms with Crippen LogP contribution in [0.4, 0.5) is 8.78 Å². The number of benzene rings is 2. The molecule has 2 N–H and O–H groups in total. The summed E-state index contributed by atoms with van der Waals surface area (Å²) in [6.45, 7) is 0.276. The van der Waals surface area contributed by atoms with Crippen LogP contribution in [-0.4, -0.2) is 24.9 Å². The largest absolute Gasteiger partial charge is 0.355 e. The lowest BCUT2D eigenvalue weighted by molar-refractivity contribution is -0.120. The van der Waals surface area contributed by atoms with Gasteiger partial charge in [0, 0.05) is 12.1 Å². The number of halogens is 2. The molecule has 0 fully saturated rings. The van der Waals surface area contributed by atoms with Crippen LogP contribution in [0.1, 0.15) is 22.3 Å². The van der Waals surface area contributed by atoms with Crippen molar-refractivity contribution in [1.82, 2.24) is 10.6 Å². The third-order valence-electron chi connectivity index (χ3n) is 3.40. The van der Waals surface area contributed by atoms with Crippen LogP contribution < -0.4 is 10.6 Å². The fraction of sp³-hybridized carbons (Fsp3) is 0.222. The Bertz CT molecular complexity index is 705. The van der Waals surface area contributed by atoms with Crippen molar-refractivity contribution in [3.8, 4) is 0 Å². The Labute approximate surface area is 138 Å². The van der Waals surface area contributed by atoms with Gasteiger partial charge in [-0.15, -0.1) is 0 Å². The lowest BCUT2D eigenvalue weighted by atomic mass is 10.1. The zero-order chi connectivity index (χ0) is 17.4. The predicted molar refractivity (Wildman–Crippen MR) is 86.5 cm³/mol. The SMILES string of the molecule is O=C(CNC(=O)c1ccc(F)c(F)c1)NCCCc1ccccc1. The molecular weight excluding hydrogens is 314 g/mol. The van der Waals surface area contributed by atoms with Gasteiger partial charge < -0.3 is 10.6 Å². The molecule has 126 valence electrons. The van der Waals surface area contributed by atoms with Crippen LogP contribution >= 0.6 is 0 Å². The van der Waals surface area contributed by atoms with E-state index in [0.29, 0.717) is 6.54 Å². The summed E-state index contributed by atoms with van der Waals surface area (Å²) >= 11 is 0. The highest BCUT2D eigenvalue weighted by Gasteiger charge is 2.10. The molecule has 0 aliphatic rings. The summed E-state index contributed by atoms with van der Waals surface area (Å²) in [5.74, 6) is -3.09. The van der Waals surface area contributed by atoms with Crippen molar-refractivity contribution in [3.05, 3.63) is 71.3 Å². The van der Waals surface area contributed by atoms with E-state index >= 15 is 0 Å². The van der Waals surface area contributed by atoms with Crippen molar-refractivity contribution >= 4 is 11.8 Å². The van der Waals surface area contributed by atoms with Crippen molar-refractivity contribution in [3.63, 3.8) is 0 Å². The average molecular weight is 332 g/mol. The molecule has 0 bridgehead atoms. The zero-order valence-electron chi connectivity index (χ0n) is 13.0. The second kappa shape index (κ2) is 8.76. The molecule has 0 aliphatic heterocycles. The highest BCUT2D eigenvalue weighted by Crippen LogP contribution is 2.08. The third kappa shape index (κ3) is 5.46. The highest BCUT2D eigenvalue weighted by molar-refractivity contribution is 5.96. The molecule has 0 saturated carbocycles. The first-order valence-corrected chi connectivity index (χ1v) is 7.60. The molecule has 0 heterocycles. The first kappa shape index (κ1) is 17.6. The van der Waals surface area contributed by atoms with Crippen LogP contribution in [0.3, 0.4) is 0 Å². The first-order valence-electron chi connectivity index (χ1n) is 7.60. The van der Waals surface area contributed by atoms with Crippen LogP contribution in [-0.2, 0) is 11.2 Å². The number of carbonyl (C=O) groups is 2. The van der Waals surface area contributed by atoms with Crippen molar-refractivity contribution in [2.45, 2.75) is 12.8 Å². The Morgan fingerprint density at radius 1 is 0.917 bits per heavy atom. The van der Waals surface area contributed by atoms with Gasteiger partial charge in [0.25, 0.3) is 5.91 Å². The highest BCUT2D eigenvalue weighted by atomic mass is 19.2. The monoisotopic (exact) mass is 332 g/mol. The molecule has 0 aliphatic carbocycles. The molecule has 0 saturated heterocycles. The van der Waals surface area contributed by atoms with E-state index < -0.39 is 17.5 Å². The summed E-state index contributed by atoms with van der Waals surface area (Å²) in [7, 11) is 0. The minimum Gasteiger partial charge on any atom is -0.355 e. The number of amides is 2. The summed E-state index contributed by atoms with van der Waals surface area (Å²) in [6, 6.07) is 12.7. The molecule has 0 spiro atoms. The van der Waals surface area contributed by atoms with Gasteiger partial charge in [-0.1, -0.05) is 30.3 Å². The molecule has 24 heavy (non-hydrogen) atoms. The van der Waals surface area contributed by atoms with E-state index in [1.54, 1.807) is 0 Å². The van der Waals surface area contributed by atoms with Crippen LogP contribution in [0, 0.1) is 11.6 Å². The fourth-order valence-corrected chi connectivity index (χ4v) is 2.13. The summed E-state index contributed by atoms with van der Waals surface area (Å²) in [4.78, 5) is 23.4. The van der Waals surface area contributed by atoms with Gasteiger partial charge in [-0.25, -0.2) is 8.78 Å². The van der Waals surface area contributed by atoms with Crippen molar-refractivity contribution in [2.24, 2.45) is 0 Å². The van der Waals surface area contributed by atoms with Crippen molar-refractivity contribution in [1.29, 1.82) is 0 Å². The molecule has 2 rings (SSSR count). The molecule has 6 heteroatoms.